The van der Waals surface area contributed by atoms with Gasteiger partial charge in [0.1, 0.15) is 0 Å². The Labute approximate surface area is 141 Å². The summed E-state index contributed by atoms with van der Waals surface area (Å²) in [7, 11) is 0. The molecule has 0 saturated carbocycles. The summed E-state index contributed by atoms with van der Waals surface area (Å²) in [6.45, 7) is 10.7. The molecule has 1 heterocycles. The summed E-state index contributed by atoms with van der Waals surface area (Å²) in [6.07, 6.45) is 5.23. The van der Waals surface area contributed by atoms with Gasteiger partial charge in [0, 0.05) is 13.1 Å². The molecule has 23 heavy (non-hydrogen) atoms. The third kappa shape index (κ3) is 7.04. The molecule has 1 aliphatic rings. The lowest BCUT2D eigenvalue weighted by atomic mass is 10.1. The van der Waals surface area contributed by atoms with E-state index in [1.165, 1.54) is 56.4 Å². The highest BCUT2D eigenvalue weighted by atomic mass is 15.2. The van der Waals surface area contributed by atoms with Crippen LogP contribution in [0.4, 0.5) is 0 Å². The lowest BCUT2D eigenvalue weighted by Gasteiger charge is -2.15. The average Bonchev–Trinajstić information content (AvgIpc) is 3.07. The molecule has 0 aliphatic carbocycles. The number of guanidine groups is 1. The first-order valence-corrected chi connectivity index (χ1v) is 9.08. The van der Waals surface area contributed by atoms with Crippen LogP contribution in [0.25, 0.3) is 0 Å². The Hall–Kier alpha value is -1.55. The summed E-state index contributed by atoms with van der Waals surface area (Å²) in [5.41, 5.74) is 2.54. The van der Waals surface area contributed by atoms with Crippen molar-refractivity contribution in [1.82, 2.24) is 15.5 Å². The Morgan fingerprint density at radius 1 is 1.09 bits per heavy atom. The van der Waals surface area contributed by atoms with Crippen molar-refractivity contribution < 1.29 is 0 Å². The number of hydrogen-bond acceptors (Lipinski definition) is 2. The van der Waals surface area contributed by atoms with Crippen molar-refractivity contribution in [3.63, 3.8) is 0 Å². The van der Waals surface area contributed by atoms with E-state index in [1.54, 1.807) is 0 Å². The zero-order chi connectivity index (χ0) is 16.3. The van der Waals surface area contributed by atoms with E-state index in [-0.39, 0.29) is 0 Å². The highest BCUT2D eigenvalue weighted by molar-refractivity contribution is 5.79. The fourth-order valence-electron chi connectivity index (χ4n) is 2.88. The highest BCUT2D eigenvalue weighted by Crippen LogP contribution is 2.08. The number of aliphatic imine (C=N–C) groups is 1. The average molecular weight is 316 g/mol. The van der Waals surface area contributed by atoms with Gasteiger partial charge >= 0.3 is 0 Å². The Morgan fingerprint density at radius 2 is 1.83 bits per heavy atom. The number of nitrogens with zero attached hydrogens (tertiary/aromatic N) is 2. The molecule has 4 heteroatoms. The van der Waals surface area contributed by atoms with E-state index in [9.17, 15) is 0 Å². The van der Waals surface area contributed by atoms with Gasteiger partial charge in [-0.15, -0.1) is 0 Å². The van der Waals surface area contributed by atoms with Crippen molar-refractivity contribution in [2.45, 2.75) is 46.1 Å². The first-order chi connectivity index (χ1) is 11.3. The van der Waals surface area contributed by atoms with Gasteiger partial charge in [-0.2, -0.15) is 0 Å². The van der Waals surface area contributed by atoms with Gasteiger partial charge in [0.2, 0.25) is 0 Å². The Bertz CT molecular complexity index is 461. The lowest BCUT2D eigenvalue weighted by Crippen LogP contribution is -2.38. The molecule has 128 valence electrons. The monoisotopic (exact) mass is 316 g/mol. The molecule has 1 aromatic rings. The molecule has 4 nitrogen and oxygen atoms in total. The van der Waals surface area contributed by atoms with Gasteiger partial charge in [0.05, 0.1) is 6.54 Å². The topological polar surface area (TPSA) is 39.7 Å². The summed E-state index contributed by atoms with van der Waals surface area (Å²) < 4.78 is 0. The van der Waals surface area contributed by atoms with Crippen molar-refractivity contribution in [2.75, 3.05) is 32.7 Å². The quantitative estimate of drug-likeness (QED) is 0.440. The molecule has 0 bridgehead atoms. The third-order valence-corrected chi connectivity index (χ3v) is 4.28. The number of benzene rings is 1. The molecule has 0 unspecified atom stereocenters. The first kappa shape index (κ1) is 17.8. The van der Waals surface area contributed by atoms with Crippen LogP contribution in [-0.2, 0) is 6.54 Å². The van der Waals surface area contributed by atoms with E-state index < -0.39 is 0 Å². The van der Waals surface area contributed by atoms with Crippen molar-refractivity contribution in [2.24, 2.45) is 4.99 Å². The standard InChI is InChI=1S/C19H32N4/c1-3-20-19(22-16-18-10-8-17(2)9-11-18)21-12-4-5-13-23-14-6-7-15-23/h8-11H,3-7,12-16H2,1-2H3,(H2,20,21,22). The number of nitrogens with one attached hydrogen (secondary N) is 2. The predicted molar refractivity (Wildman–Crippen MR) is 98.9 cm³/mol. The van der Waals surface area contributed by atoms with Crippen molar-refractivity contribution in [3.8, 4) is 0 Å². The van der Waals surface area contributed by atoms with Crippen LogP contribution < -0.4 is 10.6 Å². The second-order valence-corrected chi connectivity index (χ2v) is 6.36. The van der Waals surface area contributed by atoms with E-state index >= 15 is 0 Å². The maximum atomic E-state index is 4.67. The number of likely N-dealkylation sites (tertiary alicyclic amines) is 1. The summed E-state index contributed by atoms with van der Waals surface area (Å²) in [6, 6.07) is 8.59. The summed E-state index contributed by atoms with van der Waals surface area (Å²) >= 11 is 0. The Morgan fingerprint density at radius 3 is 2.52 bits per heavy atom. The van der Waals surface area contributed by atoms with E-state index in [4.69, 9.17) is 0 Å². The molecule has 1 aliphatic heterocycles. The van der Waals surface area contributed by atoms with Crippen LogP contribution in [0.2, 0.25) is 0 Å². The second kappa shape index (κ2) is 10.3. The molecule has 0 atom stereocenters. The SMILES string of the molecule is CCNC(=NCc1ccc(C)cc1)NCCCCN1CCCC1. The highest BCUT2D eigenvalue weighted by Gasteiger charge is 2.09. The van der Waals surface area contributed by atoms with E-state index in [0.717, 1.165) is 25.6 Å². The fraction of sp³-hybridized carbons (Fsp3) is 0.632. The normalized spacial score (nSPS) is 15.8. The van der Waals surface area contributed by atoms with Crippen molar-refractivity contribution in [3.05, 3.63) is 35.4 Å². The van der Waals surface area contributed by atoms with E-state index in [2.05, 4.69) is 58.6 Å². The number of rotatable bonds is 8. The van der Waals surface area contributed by atoms with Crippen LogP contribution in [0, 0.1) is 6.92 Å². The van der Waals surface area contributed by atoms with Gasteiger partial charge in [-0.05, 0) is 64.7 Å². The van der Waals surface area contributed by atoms with Gasteiger partial charge in [-0.1, -0.05) is 29.8 Å². The molecule has 1 aromatic carbocycles. The lowest BCUT2D eigenvalue weighted by molar-refractivity contribution is 0.330. The molecule has 0 spiro atoms. The van der Waals surface area contributed by atoms with Gasteiger partial charge in [0.25, 0.3) is 0 Å². The summed E-state index contributed by atoms with van der Waals surface area (Å²) in [5.74, 6) is 0.925. The Balaban J connectivity index is 1.67. The molecule has 2 rings (SSSR count). The minimum Gasteiger partial charge on any atom is -0.357 e. The first-order valence-electron chi connectivity index (χ1n) is 9.08. The zero-order valence-corrected chi connectivity index (χ0v) is 14.8. The smallest absolute Gasteiger partial charge is 0.191 e. The maximum absolute atomic E-state index is 4.67. The second-order valence-electron chi connectivity index (χ2n) is 6.36. The van der Waals surface area contributed by atoms with Gasteiger partial charge in [-0.3, -0.25) is 0 Å². The zero-order valence-electron chi connectivity index (χ0n) is 14.8. The van der Waals surface area contributed by atoms with Gasteiger partial charge < -0.3 is 15.5 Å². The molecule has 1 saturated heterocycles. The van der Waals surface area contributed by atoms with Crippen LogP contribution >= 0.6 is 0 Å². The van der Waals surface area contributed by atoms with Crippen LogP contribution in [0.5, 0.6) is 0 Å². The number of aryl methyl sites for hydroxylation is 1. The third-order valence-electron chi connectivity index (χ3n) is 4.28. The van der Waals surface area contributed by atoms with Crippen LogP contribution in [0.1, 0.15) is 43.7 Å². The number of hydrogen-bond donors (Lipinski definition) is 2. The summed E-state index contributed by atoms with van der Waals surface area (Å²) in [4.78, 5) is 7.25. The summed E-state index contributed by atoms with van der Waals surface area (Å²) in [5, 5.41) is 6.77. The predicted octanol–water partition coefficient (Wildman–Crippen LogP) is 2.93. The largest absolute Gasteiger partial charge is 0.357 e. The maximum Gasteiger partial charge on any atom is 0.191 e. The molecule has 1 fully saturated rings. The van der Waals surface area contributed by atoms with Gasteiger partial charge in [0.15, 0.2) is 5.96 Å². The molecule has 0 amide bonds. The molecule has 0 radical (unpaired) electrons. The minimum atomic E-state index is 0.726. The van der Waals surface area contributed by atoms with Crippen LogP contribution in [0.3, 0.4) is 0 Å². The molecule has 0 aromatic heterocycles. The molecule has 2 N–H and O–H groups in total. The van der Waals surface area contributed by atoms with E-state index in [0.29, 0.717) is 0 Å². The van der Waals surface area contributed by atoms with Crippen LogP contribution in [-0.4, -0.2) is 43.6 Å². The molecular formula is C19H32N4. The minimum absolute atomic E-state index is 0.726. The Kier molecular flexibility index (Phi) is 7.95. The molecular weight excluding hydrogens is 284 g/mol. The fourth-order valence-corrected chi connectivity index (χ4v) is 2.88. The van der Waals surface area contributed by atoms with Crippen molar-refractivity contribution in [1.29, 1.82) is 0 Å². The number of unbranched alkanes of at least 4 members (excludes halogenated alkanes) is 1. The van der Waals surface area contributed by atoms with E-state index in [1.807, 2.05) is 0 Å². The van der Waals surface area contributed by atoms with Crippen molar-refractivity contribution >= 4 is 5.96 Å². The van der Waals surface area contributed by atoms with Crippen LogP contribution in [0.15, 0.2) is 29.3 Å². The van der Waals surface area contributed by atoms with Gasteiger partial charge in [-0.25, -0.2) is 4.99 Å².